The lowest BCUT2D eigenvalue weighted by Crippen LogP contribution is -1.99. The largest absolute Gasteiger partial charge is 0.312 e. The molecule has 0 N–H and O–H groups in total. The Bertz CT molecular complexity index is 786. The molecule has 0 atom stereocenters. The zero-order chi connectivity index (χ0) is 20.2. The molecule has 144 valence electrons. The van der Waals surface area contributed by atoms with Gasteiger partial charge in [-0.1, -0.05) is 100 Å². The Morgan fingerprint density at radius 3 is 1.67 bits per heavy atom. The molecule has 0 bridgehead atoms. The zero-order valence-corrected chi connectivity index (χ0v) is 18.1. The fourth-order valence-corrected chi connectivity index (χ4v) is 3.05. The van der Waals surface area contributed by atoms with Crippen LogP contribution in [0.5, 0.6) is 0 Å². The fourth-order valence-electron chi connectivity index (χ4n) is 3.05. The molecule has 0 aromatic heterocycles. The van der Waals surface area contributed by atoms with Crippen LogP contribution in [0.3, 0.4) is 0 Å². The molecular formula is C26H35N. The summed E-state index contributed by atoms with van der Waals surface area (Å²) in [5, 5.41) is 0. The van der Waals surface area contributed by atoms with E-state index >= 15 is 0 Å². The minimum Gasteiger partial charge on any atom is -0.312 e. The first kappa shape index (κ1) is 22.7. The van der Waals surface area contributed by atoms with Crippen LogP contribution in [0.25, 0.3) is 22.3 Å². The quantitative estimate of drug-likeness (QED) is 0.348. The van der Waals surface area contributed by atoms with Gasteiger partial charge >= 0.3 is 0 Å². The van der Waals surface area contributed by atoms with E-state index in [0.717, 1.165) is 6.42 Å². The van der Waals surface area contributed by atoms with E-state index in [2.05, 4.69) is 72.8 Å². The lowest BCUT2D eigenvalue weighted by atomic mass is 9.96. The monoisotopic (exact) mass is 361 g/mol. The van der Waals surface area contributed by atoms with Crippen LogP contribution in [0.15, 0.2) is 72.8 Å². The van der Waals surface area contributed by atoms with Crippen molar-refractivity contribution in [3.05, 3.63) is 83.9 Å². The van der Waals surface area contributed by atoms with Gasteiger partial charge in [-0.15, -0.1) is 0 Å². The third kappa shape index (κ3) is 6.08. The summed E-state index contributed by atoms with van der Waals surface area (Å²) in [7, 11) is 6.00. The molecule has 27 heavy (non-hydrogen) atoms. The molecule has 3 aromatic carbocycles. The third-order valence-corrected chi connectivity index (χ3v) is 3.94. The molecule has 1 aliphatic rings. The summed E-state index contributed by atoms with van der Waals surface area (Å²) in [4.78, 5) is 2.00. The topological polar surface area (TPSA) is 3.24 Å². The number of fused-ring (bicyclic) bond motifs is 3. The van der Waals surface area contributed by atoms with E-state index in [9.17, 15) is 0 Å². The average molecular weight is 362 g/mol. The van der Waals surface area contributed by atoms with Crippen LogP contribution in [0, 0.1) is 0 Å². The molecule has 0 fully saturated rings. The summed E-state index contributed by atoms with van der Waals surface area (Å²) in [6.07, 6.45) is 1.05. The average Bonchev–Trinajstić information content (AvgIpc) is 3.10. The number of hydrogen-bond acceptors (Lipinski definition) is 1. The molecule has 4 rings (SSSR count). The summed E-state index contributed by atoms with van der Waals surface area (Å²) >= 11 is 0. The van der Waals surface area contributed by atoms with Crippen LogP contribution < -0.4 is 0 Å². The van der Waals surface area contributed by atoms with Gasteiger partial charge in [0.05, 0.1) is 0 Å². The second-order valence-corrected chi connectivity index (χ2v) is 6.37. The summed E-state index contributed by atoms with van der Waals surface area (Å²) < 4.78 is 0. The number of benzene rings is 3. The number of rotatable bonds is 1. The molecule has 1 heteroatoms. The summed E-state index contributed by atoms with van der Waals surface area (Å²) in [5.74, 6) is 0. The highest BCUT2D eigenvalue weighted by atomic mass is 15.0. The molecule has 0 aliphatic heterocycles. The lowest BCUT2D eigenvalue weighted by molar-refractivity contribution is 0.505. The maximum Gasteiger partial charge on any atom is -0.000729 e. The second kappa shape index (κ2) is 12.1. The van der Waals surface area contributed by atoms with Crippen LogP contribution in [0.2, 0.25) is 0 Å². The van der Waals surface area contributed by atoms with Crippen LogP contribution in [0.4, 0.5) is 0 Å². The van der Waals surface area contributed by atoms with Crippen LogP contribution in [-0.2, 0) is 6.42 Å². The van der Waals surface area contributed by atoms with Gasteiger partial charge in [-0.05, 0) is 60.9 Å². The molecule has 0 saturated heterocycles. The molecule has 1 aliphatic carbocycles. The van der Waals surface area contributed by atoms with Crippen molar-refractivity contribution in [2.75, 3.05) is 21.1 Å². The lowest BCUT2D eigenvalue weighted by Gasteiger charge is -2.08. The Morgan fingerprint density at radius 2 is 1.04 bits per heavy atom. The van der Waals surface area contributed by atoms with Gasteiger partial charge in [-0.3, -0.25) is 0 Å². The zero-order valence-electron chi connectivity index (χ0n) is 18.1. The van der Waals surface area contributed by atoms with Gasteiger partial charge in [-0.2, -0.15) is 0 Å². The highest BCUT2D eigenvalue weighted by Crippen LogP contribution is 2.41. The molecule has 1 nitrogen and oxygen atoms in total. The van der Waals surface area contributed by atoms with E-state index in [1.807, 2.05) is 53.7 Å². The third-order valence-electron chi connectivity index (χ3n) is 3.94. The van der Waals surface area contributed by atoms with Gasteiger partial charge in [0, 0.05) is 0 Å². The highest BCUT2D eigenvalue weighted by Gasteiger charge is 2.20. The Morgan fingerprint density at radius 1 is 0.556 bits per heavy atom. The van der Waals surface area contributed by atoms with Crippen LogP contribution >= 0.6 is 0 Å². The van der Waals surface area contributed by atoms with Crippen molar-refractivity contribution in [2.45, 2.75) is 34.1 Å². The first-order chi connectivity index (χ1) is 13.2. The highest BCUT2D eigenvalue weighted by molar-refractivity contribution is 5.84. The molecule has 0 unspecified atom stereocenters. The summed E-state index contributed by atoms with van der Waals surface area (Å²) in [5.41, 5.74) is 8.39. The molecular weight excluding hydrogens is 326 g/mol. The number of nitrogens with zero attached hydrogens (tertiary/aromatic N) is 1. The molecule has 3 aromatic rings. The van der Waals surface area contributed by atoms with Gasteiger partial charge in [0.1, 0.15) is 0 Å². The molecule has 0 heterocycles. The van der Waals surface area contributed by atoms with E-state index in [4.69, 9.17) is 0 Å². The number of hydrogen-bond donors (Lipinski definition) is 0. The van der Waals surface area contributed by atoms with Gasteiger partial charge in [0.2, 0.25) is 0 Å². The fraction of sp³-hybridized carbons (Fsp3) is 0.308. The van der Waals surface area contributed by atoms with Gasteiger partial charge < -0.3 is 4.90 Å². The van der Waals surface area contributed by atoms with E-state index in [1.165, 1.54) is 33.4 Å². The first-order valence-electron chi connectivity index (χ1n) is 10.0. The van der Waals surface area contributed by atoms with Gasteiger partial charge in [0.25, 0.3) is 0 Å². The Hall–Kier alpha value is -2.38. The minimum atomic E-state index is 1.05. The summed E-state index contributed by atoms with van der Waals surface area (Å²) in [6, 6.07) is 26.1. The van der Waals surface area contributed by atoms with E-state index in [0.29, 0.717) is 0 Å². The standard InChI is InChI=1S/C19H14.C3H9N.2C2H6/c1-2-7-14(8-3-1)16-11-6-12-18-17-10-5-4-9-15(17)13-19(16)18;1-4(2)3;2*1-2/h1-12H,13H2;1-3H3;2*1-2H3. The second-order valence-electron chi connectivity index (χ2n) is 6.37. The molecule has 0 saturated carbocycles. The maximum absolute atomic E-state index is 2.24. The van der Waals surface area contributed by atoms with Crippen LogP contribution in [0.1, 0.15) is 38.8 Å². The van der Waals surface area contributed by atoms with E-state index < -0.39 is 0 Å². The molecule has 0 spiro atoms. The smallest absolute Gasteiger partial charge is 0.000729 e. The van der Waals surface area contributed by atoms with E-state index in [1.54, 1.807) is 0 Å². The predicted octanol–water partition coefficient (Wildman–Crippen LogP) is 7.16. The summed E-state index contributed by atoms with van der Waals surface area (Å²) in [6.45, 7) is 8.00. The van der Waals surface area contributed by atoms with Crippen molar-refractivity contribution in [3.63, 3.8) is 0 Å². The van der Waals surface area contributed by atoms with Crippen molar-refractivity contribution in [2.24, 2.45) is 0 Å². The van der Waals surface area contributed by atoms with Crippen molar-refractivity contribution in [1.82, 2.24) is 4.90 Å². The molecule has 0 radical (unpaired) electrons. The van der Waals surface area contributed by atoms with Crippen molar-refractivity contribution >= 4 is 0 Å². The van der Waals surface area contributed by atoms with Crippen LogP contribution in [-0.4, -0.2) is 26.0 Å². The first-order valence-corrected chi connectivity index (χ1v) is 10.0. The maximum atomic E-state index is 2.24. The minimum absolute atomic E-state index is 1.05. The Balaban J connectivity index is 0.000000400. The van der Waals surface area contributed by atoms with Crippen molar-refractivity contribution < 1.29 is 0 Å². The Labute approximate surface area is 166 Å². The van der Waals surface area contributed by atoms with E-state index in [-0.39, 0.29) is 0 Å². The Kier molecular flexibility index (Phi) is 10.1. The van der Waals surface area contributed by atoms with Gasteiger partial charge in [-0.25, -0.2) is 0 Å². The van der Waals surface area contributed by atoms with Gasteiger partial charge in [0.15, 0.2) is 0 Å². The normalized spacial score (nSPS) is 10.2. The molecule has 0 amide bonds. The predicted molar refractivity (Wildman–Crippen MR) is 122 cm³/mol. The SMILES string of the molecule is CC.CC.CN(C)C.c1ccc(-c2cccc3c2Cc2ccccc2-3)cc1. The van der Waals surface area contributed by atoms with Crippen molar-refractivity contribution in [3.8, 4) is 22.3 Å². The van der Waals surface area contributed by atoms with Crippen molar-refractivity contribution in [1.29, 1.82) is 0 Å².